The zero-order valence-electron chi connectivity index (χ0n) is 18.6. The Morgan fingerprint density at radius 1 is 1.14 bits per heavy atom. The first-order valence-electron chi connectivity index (χ1n) is 11.3. The Balaban J connectivity index is 1.22. The number of fused-ring (bicyclic) bond motifs is 1. The van der Waals surface area contributed by atoms with Crippen molar-refractivity contribution in [3.63, 3.8) is 0 Å². The van der Waals surface area contributed by atoms with Crippen LogP contribution in [-0.2, 0) is 11.0 Å². The van der Waals surface area contributed by atoms with E-state index in [0.29, 0.717) is 61.8 Å². The summed E-state index contributed by atoms with van der Waals surface area (Å²) in [5.74, 6) is -0.513. The maximum absolute atomic E-state index is 13.4. The van der Waals surface area contributed by atoms with Gasteiger partial charge in [-0.25, -0.2) is 4.39 Å². The molecule has 186 valence electrons. The third kappa shape index (κ3) is 4.75. The number of hydrogen-bond donors (Lipinski definition) is 1. The molecule has 35 heavy (non-hydrogen) atoms. The minimum absolute atomic E-state index is 0.0767. The van der Waals surface area contributed by atoms with Crippen LogP contribution in [0, 0.1) is 5.82 Å². The van der Waals surface area contributed by atoms with Crippen LogP contribution < -0.4 is 10.5 Å². The number of likely N-dealkylation sites (tertiary alicyclic amines) is 1. The first-order valence-corrected chi connectivity index (χ1v) is 11.3. The minimum atomic E-state index is -4.74. The lowest BCUT2D eigenvalue weighted by atomic mass is 10.0. The van der Waals surface area contributed by atoms with Gasteiger partial charge in [-0.3, -0.25) is 14.5 Å². The largest absolute Gasteiger partial charge is 0.423 e. The fourth-order valence-corrected chi connectivity index (χ4v) is 4.74. The Kier molecular flexibility index (Phi) is 5.99. The lowest BCUT2D eigenvalue weighted by Crippen LogP contribution is -2.51. The maximum atomic E-state index is 13.4. The highest BCUT2D eigenvalue weighted by molar-refractivity contribution is 5.79. The summed E-state index contributed by atoms with van der Waals surface area (Å²) in [6.07, 6.45) is -2.10. The molecule has 2 fully saturated rings. The van der Waals surface area contributed by atoms with E-state index in [9.17, 15) is 27.2 Å². The van der Waals surface area contributed by atoms with Gasteiger partial charge in [0.2, 0.25) is 5.91 Å². The van der Waals surface area contributed by atoms with E-state index < -0.39 is 23.1 Å². The lowest BCUT2D eigenvalue weighted by molar-refractivity contribution is -0.139. The van der Waals surface area contributed by atoms with Crippen LogP contribution in [0.1, 0.15) is 30.0 Å². The SMILES string of the molecule is O=C(CN1CCCC1c1c[nH]c(=O)c(C(F)(F)F)c1)N1CCN(c2nc3cc(F)ccc3o2)CC1. The van der Waals surface area contributed by atoms with Gasteiger partial charge in [-0.15, -0.1) is 0 Å². The van der Waals surface area contributed by atoms with Crippen LogP contribution in [0.4, 0.5) is 23.6 Å². The fourth-order valence-electron chi connectivity index (χ4n) is 4.74. The summed E-state index contributed by atoms with van der Waals surface area (Å²) < 4.78 is 58.6. The third-order valence-corrected chi connectivity index (χ3v) is 6.56. The summed E-state index contributed by atoms with van der Waals surface area (Å²) in [5, 5.41) is 0. The molecule has 0 aliphatic carbocycles. The number of anilines is 1. The molecule has 2 saturated heterocycles. The predicted molar refractivity (Wildman–Crippen MR) is 118 cm³/mol. The molecule has 1 N–H and O–H groups in total. The van der Waals surface area contributed by atoms with Crippen LogP contribution in [-0.4, -0.2) is 64.9 Å². The van der Waals surface area contributed by atoms with Gasteiger partial charge in [0, 0.05) is 44.5 Å². The Morgan fingerprint density at radius 2 is 1.91 bits per heavy atom. The van der Waals surface area contributed by atoms with Crippen LogP contribution in [0.25, 0.3) is 11.1 Å². The van der Waals surface area contributed by atoms with Crippen molar-refractivity contribution in [2.75, 3.05) is 44.2 Å². The highest BCUT2D eigenvalue weighted by Crippen LogP contribution is 2.34. The normalized spacial score (nSPS) is 19.6. The van der Waals surface area contributed by atoms with Crippen LogP contribution in [0.15, 0.2) is 39.7 Å². The second-order valence-electron chi connectivity index (χ2n) is 8.78. The standard InChI is InChI=1S/C23H23F4N5O3/c24-15-3-4-19-17(11-15)29-22(35-19)31-8-6-30(7-9-31)20(33)13-32-5-1-2-18(32)14-10-16(23(25,26)27)21(34)28-12-14/h3-4,10-12,18H,1-2,5-9,13H2,(H,28,34). The van der Waals surface area contributed by atoms with E-state index in [1.165, 1.54) is 24.4 Å². The second-order valence-corrected chi connectivity index (χ2v) is 8.78. The highest BCUT2D eigenvalue weighted by Gasteiger charge is 2.36. The Morgan fingerprint density at radius 3 is 2.66 bits per heavy atom. The van der Waals surface area contributed by atoms with Gasteiger partial charge in [0.05, 0.1) is 6.54 Å². The number of alkyl halides is 3. The molecule has 0 spiro atoms. The number of benzene rings is 1. The monoisotopic (exact) mass is 493 g/mol. The molecule has 2 aromatic heterocycles. The van der Waals surface area contributed by atoms with Crippen molar-refractivity contribution in [3.05, 3.63) is 57.8 Å². The molecular formula is C23H23F4N5O3. The quantitative estimate of drug-likeness (QED) is 0.562. The summed E-state index contributed by atoms with van der Waals surface area (Å²) in [4.78, 5) is 36.6. The van der Waals surface area contributed by atoms with Crippen molar-refractivity contribution in [1.82, 2.24) is 19.8 Å². The van der Waals surface area contributed by atoms with Crippen LogP contribution in [0.2, 0.25) is 0 Å². The molecular weight excluding hydrogens is 470 g/mol. The number of pyridine rings is 1. The molecule has 1 amide bonds. The summed E-state index contributed by atoms with van der Waals surface area (Å²) >= 11 is 0. The summed E-state index contributed by atoms with van der Waals surface area (Å²) in [6, 6.07) is 5.00. The molecule has 2 aliphatic heterocycles. The van der Waals surface area contributed by atoms with E-state index in [-0.39, 0.29) is 18.5 Å². The van der Waals surface area contributed by atoms with E-state index in [2.05, 4.69) is 9.97 Å². The summed E-state index contributed by atoms with van der Waals surface area (Å²) in [6.45, 7) is 2.49. The second kappa shape index (κ2) is 8.99. The number of rotatable bonds is 4. The summed E-state index contributed by atoms with van der Waals surface area (Å²) in [5.41, 5.74) is -1.15. The molecule has 0 saturated carbocycles. The zero-order chi connectivity index (χ0) is 24.7. The molecule has 2 aliphatic rings. The molecule has 5 rings (SSSR count). The number of carbonyl (C=O) groups excluding carboxylic acids is 1. The fraction of sp³-hybridized carbons (Fsp3) is 0.435. The average molecular weight is 493 g/mol. The van der Waals surface area contributed by atoms with Crippen molar-refractivity contribution < 1.29 is 26.8 Å². The molecule has 1 atom stereocenters. The van der Waals surface area contributed by atoms with Gasteiger partial charge in [0.25, 0.3) is 11.6 Å². The highest BCUT2D eigenvalue weighted by atomic mass is 19.4. The van der Waals surface area contributed by atoms with E-state index in [0.717, 1.165) is 12.5 Å². The Labute approximate surface area is 197 Å². The molecule has 0 radical (unpaired) electrons. The molecule has 0 bridgehead atoms. The number of oxazole rings is 1. The van der Waals surface area contributed by atoms with Gasteiger partial charge >= 0.3 is 6.18 Å². The maximum Gasteiger partial charge on any atom is 0.421 e. The number of piperazine rings is 1. The topological polar surface area (TPSA) is 85.7 Å². The third-order valence-electron chi connectivity index (χ3n) is 6.56. The first-order chi connectivity index (χ1) is 16.7. The molecule has 12 heteroatoms. The number of amides is 1. The van der Waals surface area contributed by atoms with Gasteiger partial charge in [-0.05, 0) is 43.1 Å². The molecule has 1 unspecified atom stereocenters. The smallest absolute Gasteiger partial charge is 0.421 e. The summed E-state index contributed by atoms with van der Waals surface area (Å²) in [7, 11) is 0. The Hall–Kier alpha value is -3.41. The lowest BCUT2D eigenvalue weighted by Gasteiger charge is -2.35. The molecule has 4 heterocycles. The predicted octanol–water partition coefficient (Wildman–Crippen LogP) is 3.16. The van der Waals surface area contributed by atoms with Crippen molar-refractivity contribution in [3.8, 4) is 0 Å². The van der Waals surface area contributed by atoms with Gasteiger partial charge in [-0.1, -0.05) is 0 Å². The van der Waals surface area contributed by atoms with Crippen molar-refractivity contribution in [2.45, 2.75) is 25.1 Å². The first kappa shape index (κ1) is 23.3. The number of nitrogens with one attached hydrogen (secondary N) is 1. The molecule has 3 aromatic rings. The van der Waals surface area contributed by atoms with E-state index in [1.807, 2.05) is 9.80 Å². The van der Waals surface area contributed by atoms with Crippen molar-refractivity contribution in [1.29, 1.82) is 0 Å². The van der Waals surface area contributed by atoms with E-state index in [4.69, 9.17) is 4.42 Å². The van der Waals surface area contributed by atoms with Gasteiger partial charge in [-0.2, -0.15) is 18.2 Å². The molecule has 1 aromatic carbocycles. The number of aromatic nitrogens is 2. The van der Waals surface area contributed by atoms with Gasteiger partial charge in [0.15, 0.2) is 5.58 Å². The number of H-pyrrole nitrogens is 1. The minimum Gasteiger partial charge on any atom is -0.423 e. The van der Waals surface area contributed by atoms with Crippen LogP contribution in [0.3, 0.4) is 0 Å². The number of nitrogens with zero attached hydrogens (tertiary/aromatic N) is 4. The van der Waals surface area contributed by atoms with Gasteiger partial charge in [0.1, 0.15) is 16.9 Å². The number of halogens is 4. The van der Waals surface area contributed by atoms with E-state index in [1.54, 1.807) is 4.90 Å². The van der Waals surface area contributed by atoms with Crippen molar-refractivity contribution >= 4 is 23.0 Å². The number of hydrogen-bond acceptors (Lipinski definition) is 6. The van der Waals surface area contributed by atoms with Gasteiger partial charge < -0.3 is 19.2 Å². The molecule has 8 nitrogen and oxygen atoms in total. The Bertz CT molecular complexity index is 1300. The van der Waals surface area contributed by atoms with Crippen LogP contribution in [0.5, 0.6) is 0 Å². The zero-order valence-corrected chi connectivity index (χ0v) is 18.6. The van der Waals surface area contributed by atoms with Crippen molar-refractivity contribution in [2.24, 2.45) is 0 Å². The van der Waals surface area contributed by atoms with Crippen LogP contribution >= 0.6 is 0 Å². The average Bonchev–Trinajstić information content (AvgIpc) is 3.45. The van der Waals surface area contributed by atoms with E-state index >= 15 is 0 Å². The number of aromatic amines is 1. The number of carbonyl (C=O) groups is 1.